The highest BCUT2D eigenvalue weighted by Gasteiger charge is 2.64. The van der Waals surface area contributed by atoms with Gasteiger partial charge in [-0.1, -0.05) is 11.6 Å². The molecule has 25 heavy (non-hydrogen) atoms. The fourth-order valence-corrected chi connectivity index (χ4v) is 4.00. The second-order valence-electron chi connectivity index (χ2n) is 8.00. The normalized spacial score (nSPS) is 28.1. The van der Waals surface area contributed by atoms with Gasteiger partial charge in [0, 0.05) is 5.02 Å². The van der Waals surface area contributed by atoms with Gasteiger partial charge in [0.15, 0.2) is 0 Å². The Morgan fingerprint density at radius 1 is 1.20 bits per heavy atom. The van der Waals surface area contributed by atoms with E-state index in [-0.39, 0.29) is 0 Å². The standard InChI is InChI=1S/C19H24ClNO4/c1-17(2,3)25-16(23)21-18(12-22)8-10-19(21,11-9-18)13-24-15-6-4-14(20)5-7-15/h4-7,12H,8-11,13H2,1-3H3. The largest absolute Gasteiger partial charge is 0.491 e. The van der Waals surface area contributed by atoms with Crippen molar-refractivity contribution in [2.75, 3.05) is 6.61 Å². The van der Waals surface area contributed by atoms with Crippen molar-refractivity contribution in [3.63, 3.8) is 0 Å². The van der Waals surface area contributed by atoms with Gasteiger partial charge < -0.3 is 14.3 Å². The molecule has 0 aromatic heterocycles. The van der Waals surface area contributed by atoms with Crippen LogP contribution in [0.25, 0.3) is 0 Å². The molecule has 6 heteroatoms. The molecule has 5 nitrogen and oxygen atoms in total. The van der Waals surface area contributed by atoms with Crippen molar-refractivity contribution in [3.05, 3.63) is 29.3 Å². The zero-order valence-electron chi connectivity index (χ0n) is 14.9. The number of ether oxygens (including phenoxy) is 2. The van der Waals surface area contributed by atoms with Crippen LogP contribution in [-0.4, -0.2) is 40.6 Å². The first-order valence-electron chi connectivity index (χ1n) is 8.58. The van der Waals surface area contributed by atoms with Gasteiger partial charge in [-0.3, -0.25) is 4.90 Å². The van der Waals surface area contributed by atoms with E-state index in [0.29, 0.717) is 30.2 Å². The molecule has 3 rings (SSSR count). The van der Waals surface area contributed by atoms with Crippen molar-refractivity contribution in [2.45, 2.75) is 63.1 Å². The Kier molecular flexibility index (Phi) is 4.48. The summed E-state index contributed by atoms with van der Waals surface area (Å²) in [6.07, 6.45) is 3.25. The molecule has 1 aromatic carbocycles. The lowest BCUT2D eigenvalue weighted by atomic mass is 9.83. The molecule has 2 bridgehead atoms. The van der Waals surface area contributed by atoms with Crippen molar-refractivity contribution in [3.8, 4) is 5.75 Å². The number of carbonyl (C=O) groups excluding carboxylic acids is 2. The SMILES string of the molecule is CC(C)(C)OC(=O)N1C2(C=O)CCC1(COc1ccc(Cl)cc1)CC2. The first-order valence-corrected chi connectivity index (χ1v) is 8.96. The van der Waals surface area contributed by atoms with Crippen molar-refractivity contribution >= 4 is 24.0 Å². The molecule has 2 saturated heterocycles. The Balaban J connectivity index is 1.81. The Morgan fingerprint density at radius 3 is 2.32 bits per heavy atom. The van der Waals surface area contributed by atoms with Crippen molar-refractivity contribution in [1.29, 1.82) is 0 Å². The van der Waals surface area contributed by atoms with Crippen LogP contribution in [-0.2, 0) is 9.53 Å². The summed E-state index contributed by atoms with van der Waals surface area (Å²) in [6, 6.07) is 7.12. The van der Waals surface area contributed by atoms with Crippen LogP contribution in [0.3, 0.4) is 0 Å². The maximum Gasteiger partial charge on any atom is 0.411 e. The Hall–Kier alpha value is -1.75. The van der Waals surface area contributed by atoms with Crippen LogP contribution < -0.4 is 4.74 Å². The van der Waals surface area contributed by atoms with Gasteiger partial charge in [-0.2, -0.15) is 0 Å². The summed E-state index contributed by atoms with van der Waals surface area (Å²) >= 11 is 5.90. The van der Waals surface area contributed by atoms with Crippen molar-refractivity contribution in [2.24, 2.45) is 0 Å². The van der Waals surface area contributed by atoms with E-state index in [9.17, 15) is 9.59 Å². The zero-order valence-corrected chi connectivity index (χ0v) is 15.6. The van der Waals surface area contributed by atoms with Gasteiger partial charge in [0.1, 0.15) is 29.8 Å². The molecule has 0 N–H and O–H groups in total. The Bertz CT molecular complexity index is 657. The highest BCUT2D eigenvalue weighted by atomic mass is 35.5. The minimum Gasteiger partial charge on any atom is -0.491 e. The number of rotatable bonds is 4. The number of amides is 1. The third-order valence-electron chi connectivity index (χ3n) is 5.08. The summed E-state index contributed by atoms with van der Waals surface area (Å²) < 4.78 is 11.5. The third kappa shape index (κ3) is 3.34. The molecule has 0 unspecified atom stereocenters. The maximum atomic E-state index is 12.8. The fourth-order valence-electron chi connectivity index (χ4n) is 3.88. The lowest BCUT2D eigenvalue weighted by Crippen LogP contribution is -2.55. The van der Waals surface area contributed by atoms with E-state index in [0.717, 1.165) is 19.1 Å². The second-order valence-corrected chi connectivity index (χ2v) is 8.44. The van der Waals surface area contributed by atoms with Gasteiger partial charge in [0.25, 0.3) is 0 Å². The van der Waals surface area contributed by atoms with E-state index in [1.165, 1.54) is 0 Å². The molecule has 136 valence electrons. The monoisotopic (exact) mass is 365 g/mol. The summed E-state index contributed by atoms with van der Waals surface area (Å²) in [4.78, 5) is 26.3. The summed E-state index contributed by atoms with van der Waals surface area (Å²) in [5.74, 6) is 0.693. The first-order chi connectivity index (χ1) is 11.7. The molecule has 0 atom stereocenters. The number of hydrogen-bond donors (Lipinski definition) is 0. The molecular weight excluding hydrogens is 342 g/mol. The van der Waals surface area contributed by atoms with Crippen molar-refractivity contribution < 1.29 is 19.1 Å². The molecule has 0 saturated carbocycles. The molecule has 2 fully saturated rings. The second kappa shape index (κ2) is 6.20. The van der Waals surface area contributed by atoms with Crippen LogP contribution in [0.15, 0.2) is 24.3 Å². The van der Waals surface area contributed by atoms with Crippen LogP contribution in [0, 0.1) is 0 Å². The zero-order chi connectivity index (χ0) is 18.3. The lowest BCUT2D eigenvalue weighted by Gasteiger charge is -2.37. The van der Waals surface area contributed by atoms with Gasteiger partial charge >= 0.3 is 6.09 Å². The Labute approximate surface area is 153 Å². The number of benzene rings is 1. The number of aldehydes is 1. The van der Waals surface area contributed by atoms with Gasteiger partial charge in [0.05, 0.1) is 5.54 Å². The minimum atomic E-state index is -0.758. The summed E-state index contributed by atoms with van der Waals surface area (Å²) in [5, 5.41) is 0.641. The van der Waals surface area contributed by atoms with E-state index in [2.05, 4.69) is 0 Å². The quantitative estimate of drug-likeness (QED) is 0.749. The third-order valence-corrected chi connectivity index (χ3v) is 5.33. The number of nitrogens with zero attached hydrogens (tertiary/aromatic N) is 1. The molecule has 0 aliphatic carbocycles. The van der Waals surface area contributed by atoms with Crippen LogP contribution in [0.4, 0.5) is 4.79 Å². The number of fused-ring (bicyclic) bond motifs is 2. The van der Waals surface area contributed by atoms with Gasteiger partial charge in [-0.05, 0) is 70.7 Å². The van der Waals surface area contributed by atoms with Gasteiger partial charge in [-0.15, -0.1) is 0 Å². The van der Waals surface area contributed by atoms with Crippen LogP contribution >= 0.6 is 11.6 Å². The predicted octanol–water partition coefficient (Wildman–Crippen LogP) is 4.22. The summed E-state index contributed by atoms with van der Waals surface area (Å²) in [5.41, 5.74) is -1.87. The number of carbonyl (C=O) groups is 2. The number of hydrogen-bond acceptors (Lipinski definition) is 4. The average molecular weight is 366 g/mol. The average Bonchev–Trinajstić information content (AvgIpc) is 3.04. The van der Waals surface area contributed by atoms with Crippen LogP contribution in [0.5, 0.6) is 5.75 Å². The van der Waals surface area contributed by atoms with Crippen molar-refractivity contribution in [1.82, 2.24) is 4.90 Å². The molecule has 2 heterocycles. The molecule has 0 spiro atoms. The van der Waals surface area contributed by atoms with Crippen LogP contribution in [0.2, 0.25) is 5.02 Å². The fraction of sp³-hybridized carbons (Fsp3) is 0.579. The number of halogens is 1. The topological polar surface area (TPSA) is 55.8 Å². The molecule has 2 aliphatic rings. The Morgan fingerprint density at radius 2 is 1.80 bits per heavy atom. The highest BCUT2D eigenvalue weighted by molar-refractivity contribution is 6.30. The van der Waals surface area contributed by atoms with E-state index in [1.54, 1.807) is 29.2 Å². The summed E-state index contributed by atoms with van der Waals surface area (Å²) in [7, 11) is 0. The molecule has 1 amide bonds. The van der Waals surface area contributed by atoms with E-state index in [1.807, 2.05) is 20.8 Å². The van der Waals surface area contributed by atoms with E-state index in [4.69, 9.17) is 21.1 Å². The smallest absolute Gasteiger partial charge is 0.411 e. The molecule has 1 aromatic rings. The van der Waals surface area contributed by atoms with Gasteiger partial charge in [-0.25, -0.2) is 4.79 Å². The maximum absolute atomic E-state index is 12.8. The molecular formula is C19H24ClNO4. The summed E-state index contributed by atoms with van der Waals surface area (Å²) in [6.45, 7) is 5.82. The lowest BCUT2D eigenvalue weighted by molar-refractivity contribution is -0.117. The van der Waals surface area contributed by atoms with Crippen LogP contribution in [0.1, 0.15) is 46.5 Å². The van der Waals surface area contributed by atoms with E-state index >= 15 is 0 Å². The van der Waals surface area contributed by atoms with E-state index < -0.39 is 22.8 Å². The molecule has 0 radical (unpaired) electrons. The minimum absolute atomic E-state index is 0.337. The van der Waals surface area contributed by atoms with Gasteiger partial charge in [0.2, 0.25) is 0 Å². The highest BCUT2D eigenvalue weighted by Crippen LogP contribution is 2.53. The first kappa shape index (κ1) is 18.1. The predicted molar refractivity (Wildman–Crippen MR) is 95.0 cm³/mol. The molecule has 2 aliphatic heterocycles.